The molecule has 4 heterocycles. The number of oxazole rings is 2. The Morgan fingerprint density at radius 3 is 1.38 bits per heavy atom. The summed E-state index contributed by atoms with van der Waals surface area (Å²) in [6.45, 7) is 0. The maximum atomic E-state index is 6.78. The molecule has 0 aliphatic rings. The van der Waals surface area contributed by atoms with Crippen LogP contribution in [0.3, 0.4) is 0 Å². The van der Waals surface area contributed by atoms with E-state index in [1.807, 2.05) is 127 Å². The van der Waals surface area contributed by atoms with E-state index in [9.17, 15) is 0 Å². The van der Waals surface area contributed by atoms with Gasteiger partial charge in [-0.1, -0.05) is 115 Å². The third-order valence-corrected chi connectivity index (χ3v) is 9.79. The van der Waals surface area contributed by atoms with E-state index in [0.717, 1.165) is 60.8 Å². The second-order valence-corrected chi connectivity index (χ2v) is 13.3. The fourth-order valence-corrected chi connectivity index (χ4v) is 7.18. The van der Waals surface area contributed by atoms with Crippen molar-refractivity contribution in [2.75, 3.05) is 0 Å². The number of hydrogen-bond donors (Lipinski definition) is 0. The molecule has 8 nitrogen and oxygen atoms in total. The van der Waals surface area contributed by atoms with Crippen molar-refractivity contribution in [1.82, 2.24) is 24.9 Å². The van der Waals surface area contributed by atoms with Crippen molar-refractivity contribution >= 4 is 44.1 Å². The van der Waals surface area contributed by atoms with Gasteiger partial charge in [0, 0.05) is 38.6 Å². The zero-order valence-electron chi connectivity index (χ0n) is 29.0. The van der Waals surface area contributed by atoms with Crippen LogP contribution < -0.4 is 0 Å². The minimum atomic E-state index is 0.456. The van der Waals surface area contributed by atoms with Gasteiger partial charge in [-0.05, 0) is 54.1 Å². The fourth-order valence-electron chi connectivity index (χ4n) is 7.18. The first kappa shape index (κ1) is 30.9. The number of hydrogen-bond acceptors (Lipinski definition) is 8. The molecule has 0 amide bonds. The quantitative estimate of drug-likeness (QED) is 0.168. The molecule has 0 radical (unpaired) electrons. The number of furan rings is 1. The molecule has 0 fully saturated rings. The minimum absolute atomic E-state index is 0.456. The van der Waals surface area contributed by atoms with Crippen LogP contribution in [0.4, 0.5) is 0 Å². The van der Waals surface area contributed by atoms with Crippen LogP contribution >= 0.6 is 0 Å². The lowest BCUT2D eigenvalue weighted by Crippen LogP contribution is -2.01. The average molecular weight is 710 g/mol. The van der Waals surface area contributed by atoms with Gasteiger partial charge in [-0.15, -0.1) is 0 Å². The minimum Gasteiger partial charge on any atom is -0.455 e. The Balaban J connectivity index is 1.14. The van der Waals surface area contributed by atoms with Crippen LogP contribution in [0.15, 0.2) is 177 Å². The molecular formula is C47H27N5O3. The highest BCUT2D eigenvalue weighted by Gasteiger charge is 2.21. The molecule has 0 bridgehead atoms. The van der Waals surface area contributed by atoms with Crippen LogP contribution in [0.25, 0.3) is 112 Å². The number of rotatable bonds is 6. The summed E-state index contributed by atoms with van der Waals surface area (Å²) in [7, 11) is 0. The Morgan fingerprint density at radius 2 is 0.782 bits per heavy atom. The molecule has 258 valence electrons. The molecule has 0 saturated heterocycles. The van der Waals surface area contributed by atoms with E-state index in [1.165, 1.54) is 0 Å². The molecule has 8 heteroatoms. The number of para-hydroxylation sites is 6. The predicted molar refractivity (Wildman–Crippen MR) is 215 cm³/mol. The van der Waals surface area contributed by atoms with E-state index in [1.54, 1.807) is 0 Å². The molecule has 0 unspecified atom stereocenters. The van der Waals surface area contributed by atoms with Crippen LogP contribution in [-0.2, 0) is 0 Å². The molecule has 4 aromatic heterocycles. The Labute approximate surface area is 313 Å². The molecule has 55 heavy (non-hydrogen) atoms. The topological polar surface area (TPSA) is 104 Å². The predicted octanol–water partition coefficient (Wildman–Crippen LogP) is 12.1. The van der Waals surface area contributed by atoms with Gasteiger partial charge in [-0.25, -0.2) is 24.9 Å². The lowest BCUT2D eigenvalue weighted by atomic mass is 10.0. The van der Waals surface area contributed by atoms with Crippen LogP contribution in [0.5, 0.6) is 0 Å². The summed E-state index contributed by atoms with van der Waals surface area (Å²) in [5, 5.41) is 1.99. The van der Waals surface area contributed by atoms with E-state index in [2.05, 4.69) is 36.4 Å². The molecule has 0 aliphatic heterocycles. The maximum Gasteiger partial charge on any atom is 0.227 e. The Bertz CT molecular complexity index is 3060. The van der Waals surface area contributed by atoms with Gasteiger partial charge in [0.2, 0.25) is 11.8 Å². The SMILES string of the molecule is c1ccc(-c2nc(-c3cc(-c4nc5ccccc5o4)cc(-c4nc5ccccc5o4)c3)nc(-c3cccc4c3oc3c(-c5ccccc5)cccc34)n2)cc1. The van der Waals surface area contributed by atoms with Gasteiger partial charge in [0.05, 0.1) is 5.56 Å². The Morgan fingerprint density at radius 1 is 0.309 bits per heavy atom. The summed E-state index contributed by atoms with van der Waals surface area (Å²) >= 11 is 0. The second kappa shape index (κ2) is 12.5. The summed E-state index contributed by atoms with van der Waals surface area (Å²) < 4.78 is 19.3. The molecule has 11 aromatic rings. The molecule has 7 aromatic carbocycles. The lowest BCUT2D eigenvalue weighted by Gasteiger charge is -2.10. The highest BCUT2D eigenvalue weighted by atomic mass is 16.4. The monoisotopic (exact) mass is 709 g/mol. The van der Waals surface area contributed by atoms with Gasteiger partial charge in [0.25, 0.3) is 0 Å². The standard InChI is InChI=1S/C47H27N5O3/c1-3-13-28(14-4-1)33-17-11-18-34-35-19-12-20-36(42(35)55-41(33)34)45-51-43(29-15-5-2-6-16-29)50-44(52-45)30-25-31(46-48-37-21-7-9-23-39(37)53-46)27-32(26-30)47-49-38-22-8-10-24-40(38)54-47/h1-27H. The molecule has 0 spiro atoms. The van der Waals surface area contributed by atoms with E-state index < -0.39 is 0 Å². The Hall–Kier alpha value is -7.71. The summed E-state index contributed by atoms with van der Waals surface area (Å²) in [6.07, 6.45) is 0. The third-order valence-electron chi connectivity index (χ3n) is 9.79. The molecule has 11 rings (SSSR count). The van der Waals surface area contributed by atoms with Crippen LogP contribution in [0.1, 0.15) is 0 Å². The summed E-state index contributed by atoms with van der Waals surface area (Å²) in [5.41, 5.74) is 10.3. The molecule has 0 atom stereocenters. The highest BCUT2D eigenvalue weighted by molar-refractivity contribution is 6.12. The zero-order valence-corrected chi connectivity index (χ0v) is 29.0. The van der Waals surface area contributed by atoms with Crippen LogP contribution in [0, 0.1) is 0 Å². The van der Waals surface area contributed by atoms with Crippen LogP contribution in [0.2, 0.25) is 0 Å². The first-order valence-electron chi connectivity index (χ1n) is 17.9. The molecule has 0 aliphatic carbocycles. The second-order valence-electron chi connectivity index (χ2n) is 13.3. The number of benzene rings is 7. The van der Waals surface area contributed by atoms with Gasteiger partial charge >= 0.3 is 0 Å². The number of nitrogens with zero attached hydrogens (tertiary/aromatic N) is 5. The molecular weight excluding hydrogens is 683 g/mol. The van der Waals surface area contributed by atoms with Gasteiger partial charge in [0.1, 0.15) is 22.2 Å². The first-order valence-corrected chi connectivity index (χ1v) is 17.9. The zero-order chi connectivity index (χ0) is 36.3. The van der Waals surface area contributed by atoms with Crippen molar-refractivity contribution in [2.45, 2.75) is 0 Å². The van der Waals surface area contributed by atoms with Gasteiger partial charge in [0.15, 0.2) is 28.6 Å². The van der Waals surface area contributed by atoms with Crippen molar-refractivity contribution in [2.24, 2.45) is 0 Å². The number of aromatic nitrogens is 5. The smallest absolute Gasteiger partial charge is 0.227 e. The largest absolute Gasteiger partial charge is 0.455 e. The van der Waals surface area contributed by atoms with E-state index in [4.69, 9.17) is 38.2 Å². The summed E-state index contributed by atoms with van der Waals surface area (Å²) in [4.78, 5) is 25.0. The molecule has 0 saturated carbocycles. The van der Waals surface area contributed by atoms with Crippen molar-refractivity contribution in [3.8, 4) is 68.2 Å². The molecule has 0 N–H and O–H groups in total. The highest BCUT2D eigenvalue weighted by Crippen LogP contribution is 2.40. The van der Waals surface area contributed by atoms with E-state index >= 15 is 0 Å². The van der Waals surface area contributed by atoms with Crippen molar-refractivity contribution in [3.63, 3.8) is 0 Å². The van der Waals surface area contributed by atoms with Crippen molar-refractivity contribution in [1.29, 1.82) is 0 Å². The van der Waals surface area contributed by atoms with Crippen LogP contribution in [-0.4, -0.2) is 24.9 Å². The van der Waals surface area contributed by atoms with Crippen molar-refractivity contribution in [3.05, 3.63) is 164 Å². The maximum absolute atomic E-state index is 6.78. The van der Waals surface area contributed by atoms with Gasteiger partial charge < -0.3 is 13.3 Å². The third kappa shape index (κ3) is 5.35. The lowest BCUT2D eigenvalue weighted by molar-refractivity contribution is 0.617. The normalized spacial score (nSPS) is 11.6. The fraction of sp³-hybridized carbons (Fsp3) is 0. The summed E-state index contributed by atoms with van der Waals surface area (Å²) in [6, 6.07) is 53.9. The summed E-state index contributed by atoms with van der Waals surface area (Å²) in [5.74, 6) is 2.37. The average Bonchev–Trinajstić information content (AvgIpc) is 4.00. The van der Waals surface area contributed by atoms with E-state index in [0.29, 0.717) is 51.6 Å². The van der Waals surface area contributed by atoms with Gasteiger partial charge in [-0.3, -0.25) is 0 Å². The van der Waals surface area contributed by atoms with Gasteiger partial charge in [-0.2, -0.15) is 0 Å². The van der Waals surface area contributed by atoms with E-state index in [-0.39, 0.29) is 0 Å². The first-order chi connectivity index (χ1) is 27.2. The Kier molecular flexibility index (Phi) is 6.99. The number of fused-ring (bicyclic) bond motifs is 5. The van der Waals surface area contributed by atoms with Crippen molar-refractivity contribution < 1.29 is 13.3 Å².